The zero-order valence-electron chi connectivity index (χ0n) is 25.3. The first kappa shape index (κ1) is 26.8. The molecule has 47 heavy (non-hydrogen) atoms. The minimum Gasteiger partial charge on any atom is -0.278 e. The largest absolute Gasteiger partial charge is 0.278 e. The molecule has 4 heteroatoms. The van der Waals surface area contributed by atoms with Crippen LogP contribution in [0, 0.1) is 11.3 Å². The van der Waals surface area contributed by atoms with Gasteiger partial charge < -0.3 is 0 Å². The molecule has 0 aliphatic heterocycles. The van der Waals surface area contributed by atoms with Crippen LogP contribution in [0.2, 0.25) is 0 Å². The maximum absolute atomic E-state index is 9.49. The molecule has 2 aromatic heterocycles. The third-order valence-corrected chi connectivity index (χ3v) is 9.04. The van der Waals surface area contributed by atoms with E-state index in [0.29, 0.717) is 11.5 Å². The van der Waals surface area contributed by atoms with Gasteiger partial charge in [-0.3, -0.25) is 4.57 Å². The van der Waals surface area contributed by atoms with Crippen molar-refractivity contribution in [3.05, 3.63) is 163 Å². The topological polar surface area (TPSA) is 54.5 Å². The summed E-state index contributed by atoms with van der Waals surface area (Å²) in [6, 6.07) is 56.8. The van der Waals surface area contributed by atoms with Crippen molar-refractivity contribution in [2.24, 2.45) is 0 Å². The van der Waals surface area contributed by atoms with Crippen molar-refractivity contribution in [1.82, 2.24) is 14.5 Å². The van der Waals surface area contributed by atoms with E-state index in [-0.39, 0.29) is 0 Å². The highest BCUT2D eigenvalue weighted by Crippen LogP contribution is 2.37. The van der Waals surface area contributed by atoms with Gasteiger partial charge in [0.25, 0.3) is 0 Å². The molecule has 0 radical (unpaired) electrons. The van der Waals surface area contributed by atoms with Crippen LogP contribution in [-0.4, -0.2) is 14.5 Å². The maximum atomic E-state index is 9.49. The van der Waals surface area contributed by atoms with E-state index in [4.69, 9.17) is 9.97 Å². The normalized spacial score (nSPS) is 11.4. The summed E-state index contributed by atoms with van der Waals surface area (Å²) in [4.78, 5) is 10.5. The molecule has 0 amide bonds. The summed E-state index contributed by atoms with van der Waals surface area (Å²) in [5, 5.41) is 15.1. The van der Waals surface area contributed by atoms with Gasteiger partial charge in [-0.1, -0.05) is 115 Å². The predicted octanol–water partition coefficient (Wildman–Crippen LogP) is 10.8. The number of benzene rings is 7. The van der Waals surface area contributed by atoms with Gasteiger partial charge in [-0.25, -0.2) is 9.97 Å². The Morgan fingerprint density at radius 3 is 1.83 bits per heavy atom. The lowest BCUT2D eigenvalue weighted by molar-refractivity contribution is 1.01. The summed E-state index contributed by atoms with van der Waals surface area (Å²) in [5.41, 5.74) is 9.92. The van der Waals surface area contributed by atoms with Crippen LogP contribution in [0.3, 0.4) is 0 Å². The quantitative estimate of drug-likeness (QED) is 0.202. The minimum absolute atomic E-state index is 0.610. The molecule has 9 rings (SSSR count). The second-order valence-corrected chi connectivity index (χ2v) is 11.8. The van der Waals surface area contributed by atoms with Crippen LogP contribution >= 0.6 is 0 Å². The maximum Gasteiger partial charge on any atom is 0.235 e. The van der Waals surface area contributed by atoms with Crippen LogP contribution in [0.15, 0.2) is 158 Å². The van der Waals surface area contributed by atoms with Crippen LogP contribution in [0.1, 0.15) is 5.56 Å². The third-order valence-electron chi connectivity index (χ3n) is 9.04. The van der Waals surface area contributed by atoms with Crippen LogP contribution in [0.25, 0.3) is 82.9 Å². The minimum atomic E-state index is 0.610. The fourth-order valence-corrected chi connectivity index (χ4v) is 6.67. The summed E-state index contributed by atoms with van der Waals surface area (Å²) in [7, 11) is 0. The lowest BCUT2D eigenvalue weighted by Gasteiger charge is -2.13. The Kier molecular flexibility index (Phi) is 6.16. The zero-order chi connectivity index (χ0) is 31.3. The molecule has 0 unspecified atom stereocenters. The lowest BCUT2D eigenvalue weighted by atomic mass is 9.98. The van der Waals surface area contributed by atoms with Crippen LogP contribution in [-0.2, 0) is 0 Å². The smallest absolute Gasteiger partial charge is 0.235 e. The SMILES string of the molecule is N#Cc1ccc(-c2nc(-n3c4ccccc4c4cc5ccccc5cc43)nc3ccc(-c4ccc(-c5ccccc5)cc4)cc23)cc1. The fraction of sp³-hybridized carbons (Fsp3) is 0. The summed E-state index contributed by atoms with van der Waals surface area (Å²) < 4.78 is 2.18. The van der Waals surface area contributed by atoms with Crippen LogP contribution in [0.5, 0.6) is 0 Å². The Balaban J connectivity index is 1.27. The molecule has 0 saturated heterocycles. The van der Waals surface area contributed by atoms with Crippen molar-refractivity contribution >= 4 is 43.5 Å². The van der Waals surface area contributed by atoms with E-state index >= 15 is 0 Å². The summed E-state index contributed by atoms with van der Waals surface area (Å²) >= 11 is 0. The number of nitrogens with zero attached hydrogens (tertiary/aromatic N) is 4. The highest BCUT2D eigenvalue weighted by Gasteiger charge is 2.18. The Bertz CT molecular complexity index is 2660. The number of hydrogen-bond acceptors (Lipinski definition) is 3. The van der Waals surface area contributed by atoms with Gasteiger partial charge in [0.05, 0.1) is 33.9 Å². The van der Waals surface area contributed by atoms with Gasteiger partial charge in [0.2, 0.25) is 5.95 Å². The molecule has 0 atom stereocenters. The third kappa shape index (κ3) is 4.53. The fourth-order valence-electron chi connectivity index (χ4n) is 6.67. The van der Waals surface area contributed by atoms with Gasteiger partial charge in [0.1, 0.15) is 0 Å². The van der Waals surface area contributed by atoms with E-state index in [1.165, 1.54) is 21.9 Å². The van der Waals surface area contributed by atoms with Crippen molar-refractivity contribution in [3.63, 3.8) is 0 Å². The van der Waals surface area contributed by atoms with Crippen LogP contribution in [0.4, 0.5) is 0 Å². The lowest BCUT2D eigenvalue weighted by Crippen LogP contribution is -2.03. The summed E-state index contributed by atoms with van der Waals surface area (Å²) in [5.74, 6) is 0.610. The van der Waals surface area contributed by atoms with Gasteiger partial charge in [-0.2, -0.15) is 5.26 Å². The van der Waals surface area contributed by atoms with Gasteiger partial charge >= 0.3 is 0 Å². The van der Waals surface area contributed by atoms with Crippen molar-refractivity contribution < 1.29 is 0 Å². The van der Waals surface area contributed by atoms with Crippen LogP contribution < -0.4 is 0 Å². The molecule has 9 aromatic rings. The Morgan fingerprint density at radius 2 is 1.06 bits per heavy atom. The Hall–Kier alpha value is -6.57. The number of fused-ring (bicyclic) bond motifs is 5. The van der Waals surface area contributed by atoms with E-state index in [9.17, 15) is 5.26 Å². The molecule has 0 spiro atoms. The molecule has 0 bridgehead atoms. The second kappa shape index (κ2) is 10.8. The predicted molar refractivity (Wildman–Crippen MR) is 192 cm³/mol. The number of para-hydroxylation sites is 1. The highest BCUT2D eigenvalue weighted by molar-refractivity contribution is 6.13. The van der Waals surface area contributed by atoms with Gasteiger partial charge in [0, 0.05) is 21.7 Å². The van der Waals surface area contributed by atoms with Crippen molar-refractivity contribution in [1.29, 1.82) is 5.26 Å². The van der Waals surface area contributed by atoms with Crippen molar-refractivity contribution in [2.45, 2.75) is 0 Å². The van der Waals surface area contributed by atoms with E-state index < -0.39 is 0 Å². The standard InChI is InChI=1S/C43H26N4/c44-27-28-14-16-32(17-15-28)42-38-25-35(31-20-18-30(19-21-31)29-8-2-1-3-9-29)22-23-39(38)45-43(46-42)47-40-13-7-6-12-36(40)37-24-33-10-4-5-11-34(33)26-41(37)47/h1-26H. The average molecular weight is 599 g/mol. The number of nitriles is 1. The molecule has 2 heterocycles. The van der Waals surface area contributed by atoms with E-state index in [1.54, 1.807) is 0 Å². The molecule has 0 aliphatic carbocycles. The Morgan fingerprint density at radius 1 is 0.447 bits per heavy atom. The first-order valence-electron chi connectivity index (χ1n) is 15.6. The monoisotopic (exact) mass is 598 g/mol. The van der Waals surface area contributed by atoms with E-state index in [0.717, 1.165) is 55.1 Å². The number of aromatic nitrogens is 3. The first-order chi connectivity index (χ1) is 23.2. The first-order valence-corrected chi connectivity index (χ1v) is 15.6. The molecule has 218 valence electrons. The molecule has 0 aliphatic rings. The van der Waals surface area contributed by atoms with Crippen molar-refractivity contribution in [3.8, 4) is 45.5 Å². The molecule has 0 fully saturated rings. The summed E-state index contributed by atoms with van der Waals surface area (Å²) in [6.45, 7) is 0. The molecule has 0 N–H and O–H groups in total. The van der Waals surface area contributed by atoms with E-state index in [2.05, 4.69) is 138 Å². The summed E-state index contributed by atoms with van der Waals surface area (Å²) in [6.07, 6.45) is 0. The second-order valence-electron chi connectivity index (χ2n) is 11.8. The van der Waals surface area contributed by atoms with Gasteiger partial charge in [-0.05, 0) is 75.5 Å². The highest BCUT2D eigenvalue weighted by atomic mass is 15.2. The van der Waals surface area contributed by atoms with E-state index in [1.807, 2.05) is 30.3 Å². The van der Waals surface area contributed by atoms with Gasteiger partial charge in [-0.15, -0.1) is 0 Å². The molecular formula is C43H26N4. The zero-order valence-corrected chi connectivity index (χ0v) is 25.3. The molecular weight excluding hydrogens is 573 g/mol. The molecule has 0 saturated carbocycles. The van der Waals surface area contributed by atoms with Gasteiger partial charge in [0.15, 0.2) is 0 Å². The molecule has 7 aromatic carbocycles. The Labute approximate surface area is 271 Å². The number of hydrogen-bond donors (Lipinski definition) is 0. The average Bonchev–Trinajstić information content (AvgIpc) is 3.47. The number of rotatable bonds is 4. The van der Waals surface area contributed by atoms with Crippen molar-refractivity contribution in [2.75, 3.05) is 0 Å². The molecule has 4 nitrogen and oxygen atoms in total.